The summed E-state index contributed by atoms with van der Waals surface area (Å²) in [6, 6.07) is 0.188. The van der Waals surface area contributed by atoms with E-state index < -0.39 is 5.97 Å². The fraction of sp³-hybridized carbons (Fsp3) is 0.700. The predicted molar refractivity (Wildman–Crippen MR) is 53.0 cm³/mol. The lowest BCUT2D eigenvalue weighted by Crippen LogP contribution is -2.35. The van der Waals surface area contributed by atoms with Crippen LogP contribution in [0, 0.1) is 5.92 Å². The van der Waals surface area contributed by atoms with Crippen molar-refractivity contribution in [2.45, 2.75) is 19.4 Å². The molecule has 4 heteroatoms. The number of carbonyl (C=O) groups is 1. The van der Waals surface area contributed by atoms with Gasteiger partial charge >= 0.3 is 5.97 Å². The van der Waals surface area contributed by atoms with Crippen LogP contribution < -0.4 is 0 Å². The molecule has 1 rings (SSSR count). The first-order valence-corrected chi connectivity index (χ1v) is 4.89. The molecule has 1 heterocycles. The van der Waals surface area contributed by atoms with E-state index in [1.165, 1.54) is 0 Å². The van der Waals surface area contributed by atoms with Gasteiger partial charge in [0.25, 0.3) is 0 Å². The van der Waals surface area contributed by atoms with Gasteiger partial charge in [0.2, 0.25) is 0 Å². The first-order valence-electron chi connectivity index (χ1n) is 4.89. The Kier molecular flexibility index (Phi) is 4.10. The van der Waals surface area contributed by atoms with Crippen molar-refractivity contribution in [2.24, 2.45) is 5.92 Å². The van der Waals surface area contributed by atoms with Gasteiger partial charge in [0, 0.05) is 18.7 Å². The first-order chi connectivity index (χ1) is 6.65. The molecule has 0 spiro atoms. The molecule has 14 heavy (non-hydrogen) atoms. The minimum Gasteiger partial charge on any atom is -0.478 e. The number of carboxylic acid groups (broad SMARTS) is 1. The van der Waals surface area contributed by atoms with Gasteiger partial charge in [-0.15, -0.1) is 0 Å². The van der Waals surface area contributed by atoms with Gasteiger partial charge in [0.15, 0.2) is 0 Å². The molecule has 0 bridgehead atoms. The zero-order valence-corrected chi connectivity index (χ0v) is 8.39. The van der Waals surface area contributed by atoms with E-state index >= 15 is 0 Å². The van der Waals surface area contributed by atoms with Crippen LogP contribution in [0.15, 0.2) is 12.2 Å². The van der Waals surface area contributed by atoms with Crippen molar-refractivity contribution in [2.75, 3.05) is 19.7 Å². The number of aliphatic hydroxyl groups is 1. The molecule has 1 fully saturated rings. The third-order valence-electron chi connectivity index (χ3n) is 2.78. The zero-order chi connectivity index (χ0) is 10.6. The van der Waals surface area contributed by atoms with E-state index in [1.54, 1.807) is 6.08 Å². The molecule has 1 aliphatic heterocycles. The van der Waals surface area contributed by atoms with Crippen molar-refractivity contribution in [1.29, 1.82) is 0 Å². The average molecular weight is 199 g/mol. The van der Waals surface area contributed by atoms with E-state index in [2.05, 4.69) is 11.8 Å². The molecule has 4 nitrogen and oxygen atoms in total. The normalized spacial score (nSPS) is 28.7. The standard InChI is InChI=1S/C10H17NO3/c1-8-4-6-11(9(8)7-12)5-2-3-10(13)14/h2-3,8-9,12H,4-7H2,1H3,(H,13,14)/b3-2+. The molecule has 1 saturated heterocycles. The SMILES string of the molecule is CC1CCN(C/C=C/C(=O)O)C1CO. The van der Waals surface area contributed by atoms with Crippen LogP contribution in [0.2, 0.25) is 0 Å². The molecule has 0 aromatic heterocycles. The quantitative estimate of drug-likeness (QED) is 0.640. The summed E-state index contributed by atoms with van der Waals surface area (Å²) in [5, 5.41) is 17.5. The minimum absolute atomic E-state index is 0.155. The van der Waals surface area contributed by atoms with Gasteiger partial charge in [-0.05, 0) is 18.9 Å². The molecule has 1 aliphatic rings. The Morgan fingerprint density at radius 3 is 2.93 bits per heavy atom. The number of likely N-dealkylation sites (tertiary alicyclic amines) is 1. The van der Waals surface area contributed by atoms with E-state index in [9.17, 15) is 4.79 Å². The number of aliphatic carboxylic acids is 1. The fourth-order valence-electron chi connectivity index (χ4n) is 1.90. The Labute approximate surface area is 83.8 Å². The van der Waals surface area contributed by atoms with Crippen LogP contribution in [-0.4, -0.2) is 46.8 Å². The van der Waals surface area contributed by atoms with Gasteiger partial charge in [-0.25, -0.2) is 4.79 Å². The molecule has 0 radical (unpaired) electrons. The summed E-state index contributed by atoms with van der Waals surface area (Å²) in [7, 11) is 0. The summed E-state index contributed by atoms with van der Waals surface area (Å²) in [5.41, 5.74) is 0. The number of hydrogen-bond donors (Lipinski definition) is 2. The number of carboxylic acids is 1. The molecule has 2 atom stereocenters. The summed E-state index contributed by atoms with van der Waals surface area (Å²) in [4.78, 5) is 12.3. The maximum atomic E-state index is 10.2. The average Bonchev–Trinajstić information content (AvgIpc) is 2.46. The fourth-order valence-corrected chi connectivity index (χ4v) is 1.90. The molecule has 0 saturated carbocycles. The lowest BCUT2D eigenvalue weighted by molar-refractivity contribution is -0.131. The van der Waals surface area contributed by atoms with Crippen LogP contribution in [0.3, 0.4) is 0 Å². The number of aliphatic hydroxyl groups excluding tert-OH is 1. The van der Waals surface area contributed by atoms with Crippen molar-refractivity contribution in [3.8, 4) is 0 Å². The van der Waals surface area contributed by atoms with Crippen molar-refractivity contribution >= 4 is 5.97 Å². The lowest BCUT2D eigenvalue weighted by atomic mass is 10.0. The summed E-state index contributed by atoms with van der Waals surface area (Å²) < 4.78 is 0. The Balaban J connectivity index is 2.41. The van der Waals surface area contributed by atoms with Gasteiger partial charge in [0.05, 0.1) is 6.61 Å². The van der Waals surface area contributed by atoms with Crippen molar-refractivity contribution in [3.05, 3.63) is 12.2 Å². The largest absolute Gasteiger partial charge is 0.478 e. The van der Waals surface area contributed by atoms with Gasteiger partial charge in [0.1, 0.15) is 0 Å². The predicted octanol–water partition coefficient (Wildman–Crippen LogP) is 0.330. The maximum absolute atomic E-state index is 10.2. The van der Waals surface area contributed by atoms with Gasteiger partial charge < -0.3 is 10.2 Å². The Morgan fingerprint density at radius 1 is 1.64 bits per heavy atom. The van der Waals surface area contributed by atoms with Crippen molar-refractivity contribution < 1.29 is 15.0 Å². The van der Waals surface area contributed by atoms with Crippen LogP contribution in [0.25, 0.3) is 0 Å². The van der Waals surface area contributed by atoms with Crippen molar-refractivity contribution in [3.63, 3.8) is 0 Å². The molecule has 0 aromatic rings. The molecule has 0 aliphatic carbocycles. The second-order valence-corrected chi connectivity index (χ2v) is 3.75. The van der Waals surface area contributed by atoms with Crippen molar-refractivity contribution in [1.82, 2.24) is 4.90 Å². The van der Waals surface area contributed by atoms with E-state index in [4.69, 9.17) is 10.2 Å². The number of nitrogens with zero attached hydrogens (tertiary/aromatic N) is 1. The van der Waals surface area contributed by atoms with Crippen LogP contribution in [-0.2, 0) is 4.79 Å². The summed E-state index contributed by atoms with van der Waals surface area (Å²) >= 11 is 0. The molecule has 0 amide bonds. The van der Waals surface area contributed by atoms with Gasteiger partial charge in [-0.3, -0.25) is 4.90 Å². The zero-order valence-electron chi connectivity index (χ0n) is 8.39. The second kappa shape index (κ2) is 5.12. The van der Waals surface area contributed by atoms with Crippen LogP contribution >= 0.6 is 0 Å². The third kappa shape index (κ3) is 2.82. The smallest absolute Gasteiger partial charge is 0.328 e. The highest BCUT2D eigenvalue weighted by molar-refractivity contribution is 5.79. The first kappa shape index (κ1) is 11.2. The lowest BCUT2D eigenvalue weighted by Gasteiger charge is -2.23. The van der Waals surface area contributed by atoms with E-state index in [1.807, 2.05) is 0 Å². The van der Waals surface area contributed by atoms with Gasteiger partial charge in [-0.2, -0.15) is 0 Å². The minimum atomic E-state index is -0.919. The second-order valence-electron chi connectivity index (χ2n) is 3.75. The Bertz CT molecular complexity index is 227. The summed E-state index contributed by atoms with van der Waals surface area (Å²) in [5.74, 6) is -0.420. The summed E-state index contributed by atoms with van der Waals surface area (Å²) in [6.45, 7) is 3.82. The Hall–Kier alpha value is -0.870. The molecule has 80 valence electrons. The van der Waals surface area contributed by atoms with Crippen LogP contribution in [0.5, 0.6) is 0 Å². The third-order valence-corrected chi connectivity index (χ3v) is 2.78. The highest BCUT2D eigenvalue weighted by Crippen LogP contribution is 2.22. The highest BCUT2D eigenvalue weighted by atomic mass is 16.4. The Morgan fingerprint density at radius 2 is 2.36 bits per heavy atom. The highest BCUT2D eigenvalue weighted by Gasteiger charge is 2.29. The molecular formula is C10H17NO3. The molecule has 2 N–H and O–H groups in total. The molecule has 0 aromatic carbocycles. The molecular weight excluding hydrogens is 182 g/mol. The topological polar surface area (TPSA) is 60.8 Å². The summed E-state index contributed by atoms with van der Waals surface area (Å²) in [6.07, 6.45) is 3.85. The van der Waals surface area contributed by atoms with Crippen LogP contribution in [0.4, 0.5) is 0 Å². The van der Waals surface area contributed by atoms with E-state index in [-0.39, 0.29) is 12.6 Å². The number of rotatable bonds is 4. The monoisotopic (exact) mass is 199 g/mol. The maximum Gasteiger partial charge on any atom is 0.328 e. The van der Waals surface area contributed by atoms with Gasteiger partial charge in [-0.1, -0.05) is 13.0 Å². The van der Waals surface area contributed by atoms with E-state index in [0.29, 0.717) is 12.5 Å². The van der Waals surface area contributed by atoms with Crippen LogP contribution in [0.1, 0.15) is 13.3 Å². The molecule has 2 unspecified atom stereocenters. The number of hydrogen-bond acceptors (Lipinski definition) is 3. The van der Waals surface area contributed by atoms with E-state index in [0.717, 1.165) is 19.0 Å².